The topological polar surface area (TPSA) is 74.5 Å². The third kappa shape index (κ3) is 2.27. The Balaban J connectivity index is 2.11. The van der Waals surface area contributed by atoms with Crippen LogP contribution in [0.4, 0.5) is 11.5 Å². The van der Waals surface area contributed by atoms with E-state index in [1.807, 2.05) is 6.07 Å². The zero-order valence-electron chi connectivity index (χ0n) is 9.76. The summed E-state index contributed by atoms with van der Waals surface area (Å²) in [5.74, 6) is 0.502. The highest BCUT2D eigenvalue weighted by Crippen LogP contribution is 2.36. The molecule has 2 aromatic heterocycles. The Bertz CT molecular complexity index is 839. The van der Waals surface area contributed by atoms with Crippen LogP contribution in [0.1, 0.15) is 5.69 Å². The first-order valence-electron chi connectivity index (χ1n) is 5.43. The summed E-state index contributed by atoms with van der Waals surface area (Å²) < 4.78 is 8.31. The normalized spacial score (nSPS) is 10.4. The molecule has 0 saturated carbocycles. The first-order chi connectivity index (χ1) is 9.69. The van der Waals surface area contributed by atoms with E-state index in [1.165, 1.54) is 0 Å². The summed E-state index contributed by atoms with van der Waals surface area (Å²) in [7, 11) is 0. The summed E-state index contributed by atoms with van der Waals surface area (Å²) in [6.07, 6.45) is 0. The molecule has 0 saturated heterocycles. The number of nitrogens with one attached hydrogen (secondary N) is 1. The van der Waals surface area contributed by atoms with E-state index in [-0.39, 0.29) is 0 Å². The van der Waals surface area contributed by atoms with Gasteiger partial charge in [0.2, 0.25) is 0 Å². The van der Waals surface area contributed by atoms with E-state index < -0.39 is 0 Å². The van der Waals surface area contributed by atoms with Gasteiger partial charge in [-0.1, -0.05) is 29.3 Å². The van der Waals surface area contributed by atoms with Gasteiger partial charge in [-0.25, -0.2) is 4.98 Å². The highest BCUT2D eigenvalue weighted by atomic mass is 35.5. The molecule has 1 aromatic carbocycles. The van der Waals surface area contributed by atoms with E-state index in [2.05, 4.69) is 19.0 Å². The quantitative estimate of drug-likeness (QED) is 0.771. The molecule has 0 aliphatic heterocycles. The van der Waals surface area contributed by atoms with Gasteiger partial charge in [0.05, 0.1) is 27.5 Å². The van der Waals surface area contributed by atoms with Crippen LogP contribution in [0.25, 0.3) is 11.0 Å². The van der Waals surface area contributed by atoms with Crippen molar-refractivity contribution in [2.24, 2.45) is 0 Å². The van der Waals surface area contributed by atoms with Crippen molar-refractivity contribution in [3.63, 3.8) is 0 Å². The molecule has 3 rings (SSSR count). The fourth-order valence-electron chi connectivity index (χ4n) is 1.69. The van der Waals surface area contributed by atoms with Gasteiger partial charge in [-0.05, 0) is 18.2 Å². The van der Waals surface area contributed by atoms with E-state index in [4.69, 9.17) is 28.5 Å². The number of nitrogens with zero attached hydrogens (tertiary/aromatic N) is 4. The number of hydrogen-bond acceptors (Lipinski definition) is 6. The Hall–Kier alpha value is -1.94. The standard InChI is InChI=1S/C12H5Cl2N5S/c13-7-4-8(14)11-12(19-20-18-11)10(7)17-9-3-1-2-6(5-15)16-9/h1-4H,(H,16,17). The fourth-order valence-corrected chi connectivity index (χ4v) is 2.85. The molecule has 5 nitrogen and oxygen atoms in total. The summed E-state index contributed by atoms with van der Waals surface area (Å²) in [6, 6.07) is 8.66. The van der Waals surface area contributed by atoms with Gasteiger partial charge in [0.1, 0.15) is 28.6 Å². The van der Waals surface area contributed by atoms with Crippen molar-refractivity contribution < 1.29 is 0 Å². The van der Waals surface area contributed by atoms with Crippen molar-refractivity contribution in [3.05, 3.63) is 40.0 Å². The maximum atomic E-state index is 8.85. The molecule has 0 aliphatic rings. The minimum atomic E-state index is 0.313. The summed E-state index contributed by atoms with van der Waals surface area (Å²) in [5.41, 5.74) is 2.05. The number of nitriles is 1. The molecule has 98 valence electrons. The number of aromatic nitrogens is 3. The van der Waals surface area contributed by atoms with Gasteiger partial charge in [0.15, 0.2) is 0 Å². The van der Waals surface area contributed by atoms with E-state index in [1.54, 1.807) is 24.3 Å². The van der Waals surface area contributed by atoms with E-state index in [9.17, 15) is 0 Å². The number of halogens is 2. The van der Waals surface area contributed by atoms with E-state index in [0.717, 1.165) is 11.7 Å². The molecule has 0 aliphatic carbocycles. The van der Waals surface area contributed by atoms with E-state index >= 15 is 0 Å². The van der Waals surface area contributed by atoms with Gasteiger partial charge in [-0.15, -0.1) is 0 Å². The van der Waals surface area contributed by atoms with Crippen molar-refractivity contribution in [2.75, 3.05) is 5.32 Å². The third-order valence-electron chi connectivity index (χ3n) is 2.56. The van der Waals surface area contributed by atoms with Crippen LogP contribution >= 0.6 is 34.9 Å². The SMILES string of the molecule is N#Cc1cccc(Nc2c(Cl)cc(Cl)c3nsnc23)n1. The van der Waals surface area contributed by atoms with Crippen molar-refractivity contribution in [1.82, 2.24) is 13.7 Å². The molecular formula is C12H5Cl2N5S. The predicted molar refractivity (Wildman–Crippen MR) is 79.7 cm³/mol. The average Bonchev–Trinajstić information content (AvgIpc) is 2.93. The number of benzene rings is 1. The summed E-state index contributed by atoms with van der Waals surface area (Å²) in [5, 5.41) is 12.8. The minimum Gasteiger partial charge on any atom is -0.337 e. The van der Waals surface area contributed by atoms with Crippen LogP contribution in [0.5, 0.6) is 0 Å². The molecule has 2 heterocycles. The molecule has 0 unspecified atom stereocenters. The number of hydrogen-bond donors (Lipinski definition) is 1. The zero-order valence-corrected chi connectivity index (χ0v) is 12.1. The second-order valence-electron chi connectivity index (χ2n) is 3.82. The lowest BCUT2D eigenvalue weighted by atomic mass is 10.2. The lowest BCUT2D eigenvalue weighted by molar-refractivity contribution is 1.26. The number of anilines is 2. The molecule has 3 aromatic rings. The van der Waals surface area contributed by atoms with Crippen LogP contribution < -0.4 is 5.32 Å². The van der Waals surface area contributed by atoms with Crippen LogP contribution in [-0.2, 0) is 0 Å². The second-order valence-corrected chi connectivity index (χ2v) is 5.16. The molecule has 0 fully saturated rings. The molecule has 0 amide bonds. The molecular weight excluding hydrogens is 317 g/mol. The highest BCUT2D eigenvalue weighted by molar-refractivity contribution is 7.00. The molecule has 8 heteroatoms. The van der Waals surface area contributed by atoms with Crippen molar-refractivity contribution >= 4 is 57.5 Å². The first-order valence-corrected chi connectivity index (χ1v) is 6.92. The molecule has 20 heavy (non-hydrogen) atoms. The molecule has 0 spiro atoms. The van der Waals surface area contributed by atoms with Gasteiger partial charge < -0.3 is 5.32 Å². The molecule has 1 N–H and O–H groups in total. The number of fused-ring (bicyclic) bond motifs is 1. The van der Waals surface area contributed by atoms with Gasteiger partial charge in [0, 0.05) is 0 Å². The largest absolute Gasteiger partial charge is 0.337 e. The smallest absolute Gasteiger partial charge is 0.142 e. The fraction of sp³-hybridized carbons (Fsp3) is 0. The van der Waals surface area contributed by atoms with Crippen molar-refractivity contribution in [1.29, 1.82) is 5.26 Å². The van der Waals surface area contributed by atoms with E-state index in [0.29, 0.717) is 38.3 Å². The van der Waals surface area contributed by atoms with Gasteiger partial charge in [-0.3, -0.25) is 0 Å². The van der Waals surface area contributed by atoms with Crippen LogP contribution in [0.2, 0.25) is 10.0 Å². The van der Waals surface area contributed by atoms with Gasteiger partial charge in [0.25, 0.3) is 0 Å². The van der Waals surface area contributed by atoms with Crippen molar-refractivity contribution in [2.45, 2.75) is 0 Å². The monoisotopic (exact) mass is 321 g/mol. The summed E-state index contributed by atoms with van der Waals surface area (Å²) in [4.78, 5) is 4.13. The van der Waals surface area contributed by atoms with Crippen LogP contribution in [0.3, 0.4) is 0 Å². The Morgan fingerprint density at radius 2 is 1.95 bits per heavy atom. The summed E-state index contributed by atoms with van der Waals surface area (Å²) in [6.45, 7) is 0. The average molecular weight is 322 g/mol. The number of pyridine rings is 1. The zero-order chi connectivity index (χ0) is 14.1. The summed E-state index contributed by atoms with van der Waals surface area (Å²) >= 11 is 13.3. The number of rotatable bonds is 2. The lowest BCUT2D eigenvalue weighted by Gasteiger charge is -2.08. The van der Waals surface area contributed by atoms with Crippen LogP contribution in [0, 0.1) is 11.3 Å². The Kier molecular flexibility index (Phi) is 3.40. The Labute approximate surface area is 128 Å². The molecule has 0 bridgehead atoms. The maximum Gasteiger partial charge on any atom is 0.142 e. The van der Waals surface area contributed by atoms with Crippen LogP contribution in [-0.4, -0.2) is 13.7 Å². The van der Waals surface area contributed by atoms with Gasteiger partial charge >= 0.3 is 0 Å². The molecule has 0 atom stereocenters. The first kappa shape index (κ1) is 13.1. The van der Waals surface area contributed by atoms with Crippen molar-refractivity contribution in [3.8, 4) is 6.07 Å². The van der Waals surface area contributed by atoms with Crippen LogP contribution in [0.15, 0.2) is 24.3 Å². The second kappa shape index (κ2) is 5.21. The minimum absolute atomic E-state index is 0.313. The predicted octanol–water partition coefficient (Wildman–Crippen LogP) is 4.01. The Morgan fingerprint density at radius 1 is 1.15 bits per heavy atom. The molecule has 0 radical (unpaired) electrons. The maximum absolute atomic E-state index is 8.85. The Morgan fingerprint density at radius 3 is 2.75 bits per heavy atom. The highest BCUT2D eigenvalue weighted by Gasteiger charge is 2.14. The lowest BCUT2D eigenvalue weighted by Crippen LogP contribution is -1.97. The van der Waals surface area contributed by atoms with Gasteiger partial charge in [-0.2, -0.15) is 14.0 Å². The third-order valence-corrected chi connectivity index (χ3v) is 3.68.